The molecule has 0 aliphatic carbocycles. The molecule has 1 fully saturated rings. The van der Waals surface area contributed by atoms with E-state index in [1.165, 1.54) is 29.4 Å². The molecule has 0 spiro atoms. The van der Waals surface area contributed by atoms with Gasteiger partial charge in [-0.1, -0.05) is 17.7 Å². The van der Waals surface area contributed by atoms with Crippen LogP contribution in [0.3, 0.4) is 0 Å². The lowest BCUT2D eigenvalue weighted by atomic mass is 10.1. The molecule has 1 aliphatic heterocycles. The Labute approximate surface area is 175 Å². The second-order valence-corrected chi connectivity index (χ2v) is 9.26. The third-order valence-electron chi connectivity index (χ3n) is 4.69. The van der Waals surface area contributed by atoms with E-state index in [1.54, 1.807) is 18.2 Å². The fraction of sp³-hybridized carbons (Fsp3) is 0.300. The van der Waals surface area contributed by atoms with Crippen LogP contribution in [0.2, 0.25) is 5.02 Å². The van der Waals surface area contributed by atoms with Crippen LogP contribution < -0.4 is 10.6 Å². The van der Waals surface area contributed by atoms with Crippen LogP contribution in [0.25, 0.3) is 0 Å². The highest BCUT2D eigenvalue weighted by molar-refractivity contribution is 7.89. The number of carbonyl (C=O) groups excluding carboxylic acids is 2. The molecule has 7 nitrogen and oxygen atoms in total. The summed E-state index contributed by atoms with van der Waals surface area (Å²) in [7, 11) is -3.67. The Bertz CT molecular complexity index is 1060. The molecule has 0 unspecified atom stereocenters. The van der Waals surface area contributed by atoms with Crippen LogP contribution in [-0.2, 0) is 14.8 Å². The molecule has 2 amide bonds. The van der Waals surface area contributed by atoms with E-state index in [4.69, 9.17) is 11.6 Å². The van der Waals surface area contributed by atoms with Crippen LogP contribution in [0.1, 0.15) is 35.7 Å². The van der Waals surface area contributed by atoms with Crippen LogP contribution >= 0.6 is 11.6 Å². The normalized spacial score (nSPS) is 14.6. The third kappa shape index (κ3) is 4.77. The number of sulfonamides is 1. The number of anilines is 2. The Kier molecular flexibility index (Phi) is 6.26. The van der Waals surface area contributed by atoms with Crippen molar-refractivity contribution < 1.29 is 18.0 Å². The van der Waals surface area contributed by atoms with E-state index in [0.29, 0.717) is 24.5 Å². The second kappa shape index (κ2) is 8.52. The number of hydrogen-bond donors (Lipinski definition) is 2. The summed E-state index contributed by atoms with van der Waals surface area (Å²) in [5.41, 5.74) is 1.88. The monoisotopic (exact) mass is 435 g/mol. The van der Waals surface area contributed by atoms with Crippen molar-refractivity contribution in [3.8, 4) is 0 Å². The lowest BCUT2D eigenvalue weighted by Gasteiger charge is -2.17. The van der Waals surface area contributed by atoms with E-state index in [-0.39, 0.29) is 21.4 Å². The van der Waals surface area contributed by atoms with E-state index in [2.05, 4.69) is 10.6 Å². The van der Waals surface area contributed by atoms with Crippen LogP contribution in [0.15, 0.2) is 41.3 Å². The smallest absolute Gasteiger partial charge is 0.257 e. The van der Waals surface area contributed by atoms with Gasteiger partial charge in [-0.15, -0.1) is 0 Å². The zero-order valence-corrected chi connectivity index (χ0v) is 17.7. The number of nitrogens with zero attached hydrogens (tertiary/aromatic N) is 1. The molecular formula is C20H22ClN3O4S. The predicted molar refractivity (Wildman–Crippen MR) is 113 cm³/mol. The summed E-state index contributed by atoms with van der Waals surface area (Å²) in [5.74, 6) is -0.759. The molecule has 0 saturated carbocycles. The topological polar surface area (TPSA) is 95.6 Å². The molecule has 1 heterocycles. The molecule has 0 bridgehead atoms. The molecular weight excluding hydrogens is 414 g/mol. The van der Waals surface area contributed by atoms with E-state index >= 15 is 0 Å². The Morgan fingerprint density at radius 1 is 1.03 bits per heavy atom. The van der Waals surface area contributed by atoms with Crippen molar-refractivity contribution in [2.75, 3.05) is 23.7 Å². The number of carbonyl (C=O) groups is 2. The maximum Gasteiger partial charge on any atom is 0.257 e. The maximum absolute atomic E-state index is 12.8. The van der Waals surface area contributed by atoms with Crippen LogP contribution in [0.4, 0.5) is 11.4 Å². The molecule has 0 aromatic heterocycles. The standard InChI is InChI=1S/C20H22ClN3O4S/c1-13-5-6-15(22-14(2)25)11-19(13)23-20(26)17-12-16(7-8-18(17)21)29(27,28)24-9-3-4-10-24/h5-8,11-12H,3-4,9-10H2,1-2H3,(H,22,25)(H,23,26). The van der Waals surface area contributed by atoms with Gasteiger partial charge in [-0.25, -0.2) is 8.42 Å². The lowest BCUT2D eigenvalue weighted by Crippen LogP contribution is -2.28. The number of aryl methyl sites for hydroxylation is 1. The molecule has 3 rings (SSSR count). The minimum atomic E-state index is -3.67. The van der Waals surface area contributed by atoms with Crippen LogP contribution in [0, 0.1) is 6.92 Å². The highest BCUT2D eigenvalue weighted by Gasteiger charge is 2.28. The maximum atomic E-state index is 12.8. The molecule has 2 N–H and O–H groups in total. The molecule has 29 heavy (non-hydrogen) atoms. The summed E-state index contributed by atoms with van der Waals surface area (Å²) in [6.07, 6.45) is 1.65. The summed E-state index contributed by atoms with van der Waals surface area (Å²) >= 11 is 6.18. The van der Waals surface area contributed by atoms with E-state index in [9.17, 15) is 18.0 Å². The van der Waals surface area contributed by atoms with Gasteiger partial charge in [-0.3, -0.25) is 9.59 Å². The molecule has 0 atom stereocenters. The Morgan fingerprint density at radius 2 is 1.72 bits per heavy atom. The molecule has 9 heteroatoms. The van der Waals surface area contributed by atoms with E-state index < -0.39 is 15.9 Å². The van der Waals surface area contributed by atoms with Gasteiger partial charge in [0.25, 0.3) is 5.91 Å². The molecule has 0 radical (unpaired) electrons. The predicted octanol–water partition coefficient (Wildman–Crippen LogP) is 3.64. The fourth-order valence-corrected chi connectivity index (χ4v) is 4.89. The van der Waals surface area contributed by atoms with Crippen molar-refractivity contribution >= 4 is 44.8 Å². The Morgan fingerprint density at radius 3 is 2.38 bits per heavy atom. The summed E-state index contributed by atoms with van der Waals surface area (Å²) in [6, 6.07) is 9.25. The average molecular weight is 436 g/mol. The second-order valence-electron chi connectivity index (χ2n) is 6.92. The van der Waals surface area contributed by atoms with Crippen LogP contribution in [0.5, 0.6) is 0 Å². The number of benzene rings is 2. The zero-order valence-electron chi connectivity index (χ0n) is 16.2. The lowest BCUT2D eigenvalue weighted by molar-refractivity contribution is -0.114. The van der Waals surface area contributed by atoms with Gasteiger partial charge in [0.2, 0.25) is 15.9 Å². The molecule has 1 aliphatic rings. The number of halogens is 1. The van der Waals surface area contributed by atoms with Gasteiger partial charge in [0.1, 0.15) is 0 Å². The van der Waals surface area contributed by atoms with Gasteiger partial charge in [-0.2, -0.15) is 4.31 Å². The zero-order chi connectivity index (χ0) is 21.2. The number of rotatable bonds is 5. The largest absolute Gasteiger partial charge is 0.326 e. The Hall–Kier alpha value is -2.42. The molecule has 154 valence electrons. The molecule has 2 aromatic rings. The van der Waals surface area contributed by atoms with Crippen molar-refractivity contribution in [2.45, 2.75) is 31.6 Å². The van der Waals surface area contributed by atoms with Crippen molar-refractivity contribution in [1.82, 2.24) is 4.31 Å². The fourth-order valence-electron chi connectivity index (χ4n) is 3.14. The first-order chi connectivity index (χ1) is 13.7. The molecule has 2 aromatic carbocycles. The van der Waals surface area contributed by atoms with Gasteiger partial charge < -0.3 is 10.6 Å². The number of nitrogens with one attached hydrogen (secondary N) is 2. The summed E-state index contributed by atoms with van der Waals surface area (Å²) in [4.78, 5) is 24.1. The third-order valence-corrected chi connectivity index (χ3v) is 6.92. The first-order valence-corrected chi connectivity index (χ1v) is 11.0. The molecule has 1 saturated heterocycles. The van der Waals surface area contributed by atoms with Gasteiger partial charge in [0, 0.05) is 31.4 Å². The minimum Gasteiger partial charge on any atom is -0.326 e. The van der Waals surface area contributed by atoms with Crippen molar-refractivity contribution in [3.63, 3.8) is 0 Å². The summed E-state index contributed by atoms with van der Waals surface area (Å²) in [6.45, 7) is 4.15. The van der Waals surface area contributed by atoms with Gasteiger partial charge in [0.05, 0.1) is 15.5 Å². The number of hydrogen-bond acceptors (Lipinski definition) is 4. The van der Waals surface area contributed by atoms with Gasteiger partial charge in [-0.05, 0) is 55.7 Å². The summed E-state index contributed by atoms with van der Waals surface area (Å²) in [5, 5.41) is 5.55. The first kappa shape index (κ1) is 21.3. The minimum absolute atomic E-state index is 0.0395. The highest BCUT2D eigenvalue weighted by atomic mass is 35.5. The van der Waals surface area contributed by atoms with E-state index in [1.807, 2.05) is 6.92 Å². The highest BCUT2D eigenvalue weighted by Crippen LogP contribution is 2.27. The number of amides is 2. The SMILES string of the molecule is CC(=O)Nc1ccc(C)c(NC(=O)c2cc(S(=O)(=O)N3CCCC3)ccc2Cl)c1. The quantitative estimate of drug-likeness (QED) is 0.749. The van der Waals surface area contributed by atoms with Gasteiger partial charge in [0.15, 0.2) is 0 Å². The van der Waals surface area contributed by atoms with Gasteiger partial charge >= 0.3 is 0 Å². The summed E-state index contributed by atoms with van der Waals surface area (Å²) < 4.78 is 27.0. The average Bonchev–Trinajstić information content (AvgIpc) is 3.19. The van der Waals surface area contributed by atoms with Crippen molar-refractivity contribution in [3.05, 3.63) is 52.5 Å². The Balaban J connectivity index is 1.89. The van der Waals surface area contributed by atoms with Crippen molar-refractivity contribution in [2.24, 2.45) is 0 Å². The van der Waals surface area contributed by atoms with Crippen LogP contribution in [-0.4, -0.2) is 37.6 Å². The van der Waals surface area contributed by atoms with Crippen molar-refractivity contribution in [1.29, 1.82) is 0 Å². The van der Waals surface area contributed by atoms with E-state index in [0.717, 1.165) is 18.4 Å². The first-order valence-electron chi connectivity index (χ1n) is 9.18.